The standard InChI is InChI=1S/C12H19NO4/c1-12(2,3)17-11(16)13-6-7-4-5-8(13)9(7)10(14)15/h7-9H,4-6H2,1-3H3,(H,14,15)/t7-,8-,9?/m1/s1. The molecule has 0 aromatic carbocycles. The van der Waals surface area contributed by atoms with E-state index in [4.69, 9.17) is 9.84 Å². The SMILES string of the molecule is CC(C)(C)OC(=O)N1C[C@H]2CC[C@@H]1C2C(=O)O. The van der Waals surface area contributed by atoms with Crippen LogP contribution in [-0.2, 0) is 9.53 Å². The number of nitrogens with zero attached hydrogens (tertiary/aromatic N) is 1. The number of fused-ring (bicyclic) bond motifs is 2. The van der Waals surface area contributed by atoms with Gasteiger partial charge in [0.25, 0.3) is 0 Å². The normalized spacial score (nSPS) is 31.7. The lowest BCUT2D eigenvalue weighted by Gasteiger charge is -2.30. The molecule has 2 bridgehead atoms. The van der Waals surface area contributed by atoms with Crippen molar-refractivity contribution in [2.45, 2.75) is 45.3 Å². The summed E-state index contributed by atoms with van der Waals surface area (Å²) >= 11 is 0. The molecule has 5 nitrogen and oxygen atoms in total. The van der Waals surface area contributed by atoms with E-state index in [1.165, 1.54) is 0 Å². The fourth-order valence-corrected chi connectivity index (χ4v) is 2.90. The molecule has 2 aliphatic rings. The van der Waals surface area contributed by atoms with Crippen LogP contribution < -0.4 is 0 Å². The summed E-state index contributed by atoms with van der Waals surface area (Å²) in [6.07, 6.45) is 1.30. The Morgan fingerprint density at radius 3 is 2.41 bits per heavy atom. The van der Waals surface area contributed by atoms with Crippen molar-refractivity contribution < 1.29 is 19.4 Å². The van der Waals surface area contributed by atoms with Crippen LogP contribution in [0.3, 0.4) is 0 Å². The molecule has 1 aliphatic carbocycles. The zero-order chi connectivity index (χ0) is 12.8. The molecule has 2 fully saturated rings. The Kier molecular flexibility index (Phi) is 2.79. The number of carboxylic acids is 1. The third-order valence-corrected chi connectivity index (χ3v) is 3.50. The molecule has 1 saturated heterocycles. The van der Waals surface area contributed by atoms with Crippen LogP contribution in [0.4, 0.5) is 4.79 Å². The molecule has 1 aliphatic heterocycles. The van der Waals surface area contributed by atoms with E-state index in [9.17, 15) is 9.59 Å². The predicted octanol–water partition coefficient (Wildman–Crippen LogP) is 1.72. The van der Waals surface area contributed by atoms with Crippen molar-refractivity contribution in [1.82, 2.24) is 4.90 Å². The monoisotopic (exact) mass is 241 g/mol. The average molecular weight is 241 g/mol. The van der Waals surface area contributed by atoms with Crippen LogP contribution in [-0.4, -0.2) is 40.3 Å². The summed E-state index contributed by atoms with van der Waals surface area (Å²) in [6.45, 7) is 5.96. The first kappa shape index (κ1) is 12.2. The maximum Gasteiger partial charge on any atom is 0.410 e. The molecule has 0 spiro atoms. The van der Waals surface area contributed by atoms with Gasteiger partial charge in [0.1, 0.15) is 5.60 Å². The number of likely N-dealkylation sites (tertiary alicyclic amines) is 1. The number of aliphatic carboxylic acids is 1. The molecular formula is C12H19NO4. The molecule has 1 saturated carbocycles. The molecule has 2 rings (SSSR count). The highest BCUT2D eigenvalue weighted by Gasteiger charge is 2.53. The van der Waals surface area contributed by atoms with Crippen molar-refractivity contribution in [2.75, 3.05) is 6.54 Å². The molecule has 0 aromatic rings. The Hall–Kier alpha value is -1.26. The van der Waals surface area contributed by atoms with Gasteiger partial charge in [-0.1, -0.05) is 0 Å². The molecule has 0 radical (unpaired) electrons. The van der Waals surface area contributed by atoms with Crippen molar-refractivity contribution in [3.8, 4) is 0 Å². The summed E-state index contributed by atoms with van der Waals surface area (Å²) in [7, 11) is 0. The lowest BCUT2D eigenvalue weighted by atomic mass is 9.99. The lowest BCUT2D eigenvalue weighted by Crippen LogP contribution is -2.42. The second kappa shape index (κ2) is 3.89. The Bertz CT molecular complexity index is 347. The molecule has 1 N–H and O–H groups in total. The molecule has 3 atom stereocenters. The van der Waals surface area contributed by atoms with Crippen LogP contribution in [0.1, 0.15) is 33.6 Å². The Morgan fingerprint density at radius 1 is 1.29 bits per heavy atom. The minimum atomic E-state index is -0.788. The topological polar surface area (TPSA) is 66.8 Å². The number of hydrogen-bond donors (Lipinski definition) is 1. The van der Waals surface area contributed by atoms with Gasteiger partial charge in [0.05, 0.1) is 5.92 Å². The van der Waals surface area contributed by atoms with Crippen LogP contribution in [0.15, 0.2) is 0 Å². The van der Waals surface area contributed by atoms with Gasteiger partial charge in [-0.25, -0.2) is 4.79 Å². The molecule has 5 heteroatoms. The molecule has 1 amide bonds. The van der Waals surface area contributed by atoms with Crippen molar-refractivity contribution >= 4 is 12.1 Å². The van der Waals surface area contributed by atoms with Gasteiger partial charge in [-0.15, -0.1) is 0 Å². The van der Waals surface area contributed by atoms with Gasteiger partial charge in [0.2, 0.25) is 0 Å². The molecule has 96 valence electrons. The van der Waals surface area contributed by atoms with Gasteiger partial charge in [-0.2, -0.15) is 0 Å². The smallest absolute Gasteiger partial charge is 0.410 e. The molecule has 17 heavy (non-hydrogen) atoms. The number of ether oxygens (including phenoxy) is 1. The summed E-state index contributed by atoms with van der Waals surface area (Å²) in [5.41, 5.74) is -0.530. The van der Waals surface area contributed by atoms with E-state index in [1.807, 2.05) is 20.8 Å². The van der Waals surface area contributed by atoms with Gasteiger partial charge in [-0.05, 0) is 39.5 Å². The lowest BCUT2D eigenvalue weighted by molar-refractivity contribution is -0.142. The number of carboxylic acid groups (broad SMARTS) is 1. The highest BCUT2D eigenvalue weighted by atomic mass is 16.6. The second-order valence-electron chi connectivity index (χ2n) is 5.90. The zero-order valence-electron chi connectivity index (χ0n) is 10.5. The van der Waals surface area contributed by atoms with Crippen LogP contribution >= 0.6 is 0 Å². The van der Waals surface area contributed by atoms with E-state index in [0.29, 0.717) is 6.54 Å². The Morgan fingerprint density at radius 2 is 1.94 bits per heavy atom. The maximum atomic E-state index is 11.9. The Labute approximate surface area is 101 Å². The van der Waals surface area contributed by atoms with E-state index in [2.05, 4.69) is 0 Å². The summed E-state index contributed by atoms with van der Waals surface area (Å²) in [4.78, 5) is 24.7. The predicted molar refractivity (Wildman–Crippen MR) is 60.6 cm³/mol. The van der Waals surface area contributed by atoms with Gasteiger partial charge < -0.3 is 14.7 Å². The molecular weight excluding hydrogens is 222 g/mol. The number of piperidine rings is 1. The third kappa shape index (κ3) is 2.23. The fraction of sp³-hybridized carbons (Fsp3) is 0.833. The average Bonchev–Trinajstić information content (AvgIpc) is 2.70. The largest absolute Gasteiger partial charge is 0.481 e. The van der Waals surface area contributed by atoms with Crippen LogP contribution in [0.5, 0.6) is 0 Å². The highest BCUT2D eigenvalue weighted by molar-refractivity contribution is 5.76. The number of carbonyl (C=O) groups is 2. The number of carbonyl (C=O) groups excluding carboxylic acids is 1. The minimum Gasteiger partial charge on any atom is -0.481 e. The second-order valence-corrected chi connectivity index (χ2v) is 5.90. The van der Waals surface area contributed by atoms with E-state index in [0.717, 1.165) is 12.8 Å². The quantitative estimate of drug-likeness (QED) is 0.759. The Balaban J connectivity index is 2.06. The van der Waals surface area contributed by atoms with Crippen molar-refractivity contribution in [3.63, 3.8) is 0 Å². The van der Waals surface area contributed by atoms with Crippen LogP contribution in [0, 0.1) is 11.8 Å². The summed E-state index contributed by atoms with van der Waals surface area (Å²) in [5.74, 6) is -1.09. The van der Waals surface area contributed by atoms with E-state index in [1.54, 1.807) is 4.90 Å². The van der Waals surface area contributed by atoms with E-state index < -0.39 is 17.5 Å². The molecule has 0 aromatic heterocycles. The summed E-state index contributed by atoms with van der Waals surface area (Å²) in [5, 5.41) is 9.15. The van der Waals surface area contributed by atoms with Gasteiger partial charge in [0.15, 0.2) is 0 Å². The molecule has 1 heterocycles. The number of hydrogen-bond acceptors (Lipinski definition) is 3. The van der Waals surface area contributed by atoms with Crippen molar-refractivity contribution in [3.05, 3.63) is 0 Å². The fourth-order valence-electron chi connectivity index (χ4n) is 2.90. The van der Waals surface area contributed by atoms with Gasteiger partial charge in [-0.3, -0.25) is 4.79 Å². The van der Waals surface area contributed by atoms with Gasteiger partial charge >= 0.3 is 12.1 Å². The summed E-state index contributed by atoms with van der Waals surface area (Å²) < 4.78 is 5.30. The van der Waals surface area contributed by atoms with Crippen molar-refractivity contribution in [2.24, 2.45) is 11.8 Å². The summed E-state index contributed by atoms with van der Waals surface area (Å²) in [6, 6.07) is -0.174. The van der Waals surface area contributed by atoms with Crippen molar-refractivity contribution in [1.29, 1.82) is 0 Å². The first-order valence-electron chi connectivity index (χ1n) is 6.02. The van der Waals surface area contributed by atoms with E-state index >= 15 is 0 Å². The number of rotatable bonds is 1. The first-order chi connectivity index (χ1) is 7.79. The molecule has 1 unspecified atom stereocenters. The van der Waals surface area contributed by atoms with E-state index in [-0.39, 0.29) is 18.1 Å². The minimum absolute atomic E-state index is 0.102. The third-order valence-electron chi connectivity index (χ3n) is 3.50. The zero-order valence-corrected chi connectivity index (χ0v) is 10.5. The van der Waals surface area contributed by atoms with Crippen LogP contribution in [0.2, 0.25) is 0 Å². The maximum absolute atomic E-state index is 11.9. The van der Waals surface area contributed by atoms with Gasteiger partial charge in [0, 0.05) is 12.6 Å². The number of amides is 1. The highest BCUT2D eigenvalue weighted by Crippen LogP contribution is 2.43. The first-order valence-corrected chi connectivity index (χ1v) is 6.02. The van der Waals surface area contributed by atoms with Crippen LogP contribution in [0.25, 0.3) is 0 Å².